The normalized spacial score (nSPS) is 19.1. The highest BCUT2D eigenvalue weighted by Gasteiger charge is 2.30. The van der Waals surface area contributed by atoms with Crippen LogP contribution in [0.1, 0.15) is 29.6 Å². The Kier molecular flexibility index (Phi) is 4.54. The summed E-state index contributed by atoms with van der Waals surface area (Å²) < 4.78 is 31.8. The molecule has 0 aliphatic carbocycles. The van der Waals surface area contributed by atoms with Crippen molar-refractivity contribution in [2.24, 2.45) is 0 Å². The van der Waals surface area contributed by atoms with Crippen molar-refractivity contribution in [2.75, 3.05) is 5.32 Å². The van der Waals surface area contributed by atoms with Crippen LogP contribution in [0.15, 0.2) is 53.0 Å². The Morgan fingerprint density at radius 1 is 1.08 bits per heavy atom. The van der Waals surface area contributed by atoms with Crippen molar-refractivity contribution in [1.82, 2.24) is 20.2 Å². The van der Waals surface area contributed by atoms with Crippen LogP contribution in [0, 0.1) is 0 Å². The highest BCUT2D eigenvalue weighted by atomic mass is 79.9. The number of halogens is 3. The highest BCUT2D eigenvalue weighted by molar-refractivity contribution is 9.10. The highest BCUT2D eigenvalue weighted by Crippen LogP contribution is 2.37. The van der Waals surface area contributed by atoms with Gasteiger partial charge in [-0.2, -0.15) is 8.78 Å². The van der Waals surface area contributed by atoms with E-state index in [0.29, 0.717) is 12.4 Å². The van der Waals surface area contributed by atoms with E-state index < -0.39 is 6.61 Å². The number of benzene rings is 2. The third kappa shape index (κ3) is 3.39. The van der Waals surface area contributed by atoms with Gasteiger partial charge in [-0.15, -0.1) is 0 Å². The largest absolute Gasteiger partial charge is 0.435 e. The molecule has 1 aliphatic heterocycles. The number of aromatic nitrogens is 4. The molecule has 0 amide bonds. The number of fused-ring (bicyclic) bond motifs is 1. The van der Waals surface area contributed by atoms with Gasteiger partial charge in [0.1, 0.15) is 5.75 Å². The number of hydrogen-bond donors (Lipinski definition) is 1. The fraction of sp³-hybridized carbons (Fsp3) is 0.235. The van der Waals surface area contributed by atoms with Crippen molar-refractivity contribution in [2.45, 2.75) is 25.1 Å². The second-order valence-corrected chi connectivity index (χ2v) is 6.81. The van der Waals surface area contributed by atoms with Crippen LogP contribution in [0.5, 0.6) is 5.75 Å². The quantitative estimate of drug-likeness (QED) is 0.684. The number of alkyl halides is 2. The predicted octanol–water partition coefficient (Wildman–Crippen LogP) is 4.18. The second-order valence-electron chi connectivity index (χ2n) is 5.89. The van der Waals surface area contributed by atoms with E-state index in [1.807, 2.05) is 24.3 Å². The Labute approximate surface area is 156 Å². The first kappa shape index (κ1) is 16.9. The van der Waals surface area contributed by atoms with Gasteiger partial charge in [-0.3, -0.25) is 0 Å². The van der Waals surface area contributed by atoms with Crippen LogP contribution in [0.3, 0.4) is 0 Å². The van der Waals surface area contributed by atoms with E-state index >= 15 is 0 Å². The number of tetrazole rings is 1. The first-order valence-electron chi connectivity index (χ1n) is 7.95. The standard InChI is InChI=1S/C17H14BrF2N5O/c18-12-5-1-11(2-6-12)15-9-14(21-17-22-23-24-25(15)17)10-3-7-13(8-4-10)26-16(19)20/h1-8,14-16H,9H2,(H,21,22,24)/t14-,15+/m1/s1. The van der Waals surface area contributed by atoms with Crippen molar-refractivity contribution in [3.8, 4) is 5.75 Å². The molecule has 0 saturated carbocycles. The molecule has 2 heterocycles. The van der Waals surface area contributed by atoms with Crippen LogP contribution in [-0.4, -0.2) is 26.8 Å². The van der Waals surface area contributed by atoms with Gasteiger partial charge in [-0.25, -0.2) is 4.68 Å². The zero-order chi connectivity index (χ0) is 18.1. The summed E-state index contributed by atoms with van der Waals surface area (Å²) in [7, 11) is 0. The Morgan fingerprint density at radius 2 is 1.77 bits per heavy atom. The molecule has 2 aromatic carbocycles. The molecule has 134 valence electrons. The summed E-state index contributed by atoms with van der Waals surface area (Å²) in [5.74, 6) is 0.705. The maximum absolute atomic E-state index is 12.3. The fourth-order valence-electron chi connectivity index (χ4n) is 3.10. The van der Waals surface area contributed by atoms with Gasteiger partial charge < -0.3 is 10.1 Å². The average molecular weight is 422 g/mol. The Morgan fingerprint density at radius 3 is 2.46 bits per heavy atom. The number of ether oxygens (including phenoxy) is 1. The topological polar surface area (TPSA) is 64.9 Å². The van der Waals surface area contributed by atoms with Gasteiger partial charge >= 0.3 is 6.61 Å². The van der Waals surface area contributed by atoms with Crippen LogP contribution < -0.4 is 10.1 Å². The van der Waals surface area contributed by atoms with E-state index in [4.69, 9.17) is 0 Å². The summed E-state index contributed by atoms with van der Waals surface area (Å²) >= 11 is 3.44. The van der Waals surface area contributed by atoms with Crippen molar-refractivity contribution in [3.63, 3.8) is 0 Å². The molecule has 0 spiro atoms. The number of anilines is 1. The molecule has 1 N–H and O–H groups in total. The molecule has 4 rings (SSSR count). The summed E-state index contributed by atoms with van der Waals surface area (Å²) in [6.07, 6.45) is 0.717. The Hall–Kier alpha value is -2.55. The van der Waals surface area contributed by atoms with Gasteiger partial charge in [-0.1, -0.05) is 45.3 Å². The predicted molar refractivity (Wildman–Crippen MR) is 94.2 cm³/mol. The lowest BCUT2D eigenvalue weighted by Crippen LogP contribution is -2.28. The molecule has 0 unspecified atom stereocenters. The molecular weight excluding hydrogens is 408 g/mol. The first-order valence-corrected chi connectivity index (χ1v) is 8.74. The van der Waals surface area contributed by atoms with Crippen LogP contribution in [0.4, 0.5) is 14.7 Å². The van der Waals surface area contributed by atoms with Gasteiger partial charge in [-0.05, 0) is 52.2 Å². The van der Waals surface area contributed by atoms with Gasteiger partial charge in [0.15, 0.2) is 0 Å². The smallest absolute Gasteiger partial charge is 0.387 e. The summed E-state index contributed by atoms with van der Waals surface area (Å²) in [5.41, 5.74) is 2.04. The molecule has 9 heteroatoms. The molecule has 0 fully saturated rings. The molecule has 1 aromatic heterocycles. The molecule has 3 aromatic rings. The minimum absolute atomic E-state index is 0.0312. The van der Waals surface area contributed by atoms with Crippen LogP contribution in [0.25, 0.3) is 0 Å². The van der Waals surface area contributed by atoms with Gasteiger partial charge in [0.2, 0.25) is 5.95 Å². The molecule has 0 radical (unpaired) electrons. The van der Waals surface area contributed by atoms with Gasteiger partial charge in [0.25, 0.3) is 0 Å². The number of nitrogens with one attached hydrogen (secondary N) is 1. The van der Waals surface area contributed by atoms with E-state index in [0.717, 1.165) is 15.6 Å². The maximum atomic E-state index is 12.3. The van der Waals surface area contributed by atoms with Crippen molar-refractivity contribution in [1.29, 1.82) is 0 Å². The number of nitrogens with zero attached hydrogens (tertiary/aromatic N) is 4. The third-order valence-electron chi connectivity index (χ3n) is 4.31. The van der Waals surface area contributed by atoms with Crippen LogP contribution >= 0.6 is 15.9 Å². The third-order valence-corrected chi connectivity index (χ3v) is 4.84. The summed E-state index contributed by atoms with van der Waals surface area (Å²) in [4.78, 5) is 0. The molecule has 26 heavy (non-hydrogen) atoms. The molecule has 6 nitrogen and oxygen atoms in total. The molecule has 0 bridgehead atoms. The van der Waals surface area contributed by atoms with Gasteiger partial charge in [0.05, 0.1) is 12.1 Å². The molecule has 2 atom stereocenters. The minimum Gasteiger partial charge on any atom is -0.435 e. The van der Waals surface area contributed by atoms with Crippen molar-refractivity contribution >= 4 is 21.9 Å². The monoisotopic (exact) mass is 421 g/mol. The summed E-state index contributed by atoms with van der Waals surface area (Å²) in [6.45, 7) is -2.83. The van der Waals surface area contributed by atoms with E-state index in [1.54, 1.807) is 16.8 Å². The second kappa shape index (κ2) is 6.99. The Bertz CT molecular complexity index is 885. The van der Waals surface area contributed by atoms with E-state index in [-0.39, 0.29) is 17.8 Å². The summed E-state index contributed by atoms with van der Waals surface area (Å²) in [5, 5.41) is 15.2. The van der Waals surface area contributed by atoms with Crippen LogP contribution in [-0.2, 0) is 0 Å². The minimum atomic E-state index is -2.83. The number of hydrogen-bond acceptors (Lipinski definition) is 5. The van der Waals surface area contributed by atoms with E-state index in [9.17, 15) is 8.78 Å². The average Bonchev–Trinajstić information content (AvgIpc) is 3.10. The van der Waals surface area contributed by atoms with E-state index in [1.165, 1.54) is 12.1 Å². The SMILES string of the molecule is FC(F)Oc1ccc([C@H]2C[C@@H](c3ccc(Br)cc3)n3nnnc3N2)cc1. The molecular formula is C17H14BrF2N5O. The molecule has 0 saturated heterocycles. The Balaban J connectivity index is 1.62. The molecule has 1 aliphatic rings. The first-order chi connectivity index (χ1) is 12.6. The van der Waals surface area contributed by atoms with Gasteiger partial charge in [0, 0.05) is 4.47 Å². The zero-order valence-electron chi connectivity index (χ0n) is 13.4. The van der Waals surface area contributed by atoms with Crippen molar-refractivity contribution < 1.29 is 13.5 Å². The lowest BCUT2D eigenvalue weighted by atomic mass is 9.93. The van der Waals surface area contributed by atoms with E-state index in [2.05, 4.69) is 41.5 Å². The fourth-order valence-corrected chi connectivity index (χ4v) is 3.36. The lowest BCUT2D eigenvalue weighted by molar-refractivity contribution is -0.0498. The van der Waals surface area contributed by atoms with Crippen molar-refractivity contribution in [3.05, 3.63) is 64.1 Å². The maximum Gasteiger partial charge on any atom is 0.387 e. The number of rotatable bonds is 4. The zero-order valence-corrected chi connectivity index (χ0v) is 15.0. The lowest BCUT2D eigenvalue weighted by Gasteiger charge is -2.31. The summed E-state index contributed by atoms with van der Waals surface area (Å²) in [6, 6.07) is 14.6. The van der Waals surface area contributed by atoms with Crippen LogP contribution in [0.2, 0.25) is 0 Å².